The molecule has 6 nitrogen and oxygen atoms in total. The second-order valence-corrected chi connectivity index (χ2v) is 4.46. The van der Waals surface area contributed by atoms with Gasteiger partial charge in [0.25, 0.3) is 0 Å². The number of hydrogen-bond donors (Lipinski definition) is 3. The number of carboxylic acids is 1. The molecule has 2 unspecified atom stereocenters. The summed E-state index contributed by atoms with van der Waals surface area (Å²) in [6.07, 6.45) is 0.0967. The number of aliphatic carboxylic acids is 1. The molecular weight excluding hydrogens is 274 g/mol. The van der Waals surface area contributed by atoms with E-state index in [2.05, 4.69) is 11.4 Å². The number of benzene rings is 1. The Morgan fingerprint density at radius 1 is 1.29 bits per heavy atom. The molecule has 0 saturated heterocycles. The Labute approximate surface area is 121 Å². The van der Waals surface area contributed by atoms with E-state index in [1.165, 1.54) is 18.4 Å². The van der Waals surface area contributed by atoms with Gasteiger partial charge >= 0.3 is 5.97 Å². The third-order valence-corrected chi connectivity index (χ3v) is 3.16. The van der Waals surface area contributed by atoms with Crippen LogP contribution in [-0.2, 0) is 9.63 Å². The predicted molar refractivity (Wildman–Crippen MR) is 75.3 cm³/mol. The SMILES string of the molecule is C=C(c1ccc(O)cc1)C(c1ccco1)C(ON)C(=O)O. The number of hydrogen-bond acceptors (Lipinski definition) is 5. The van der Waals surface area contributed by atoms with Gasteiger partial charge in [0.2, 0.25) is 0 Å². The fraction of sp³-hybridized carbons (Fsp3) is 0.133. The Bertz CT molecular complexity index is 618. The number of nitrogens with two attached hydrogens (primary N) is 1. The summed E-state index contributed by atoms with van der Waals surface area (Å²) in [5.41, 5.74) is 1.11. The van der Waals surface area contributed by atoms with E-state index in [0.717, 1.165) is 0 Å². The number of phenols is 1. The van der Waals surface area contributed by atoms with E-state index in [1.807, 2.05) is 0 Å². The minimum Gasteiger partial charge on any atom is -0.508 e. The van der Waals surface area contributed by atoms with E-state index in [4.69, 9.17) is 10.3 Å². The number of rotatable bonds is 6. The smallest absolute Gasteiger partial charge is 0.336 e. The average molecular weight is 289 g/mol. The van der Waals surface area contributed by atoms with E-state index in [9.17, 15) is 15.0 Å². The molecular formula is C15H15NO5. The summed E-state index contributed by atoms with van der Waals surface area (Å²) in [4.78, 5) is 15.9. The number of carboxylic acid groups (broad SMARTS) is 1. The van der Waals surface area contributed by atoms with Crippen LogP contribution in [0.5, 0.6) is 5.75 Å². The molecule has 1 aromatic heterocycles. The van der Waals surface area contributed by atoms with Gasteiger partial charge in [0.1, 0.15) is 11.5 Å². The number of carbonyl (C=O) groups is 1. The highest BCUT2D eigenvalue weighted by Gasteiger charge is 2.34. The van der Waals surface area contributed by atoms with E-state index < -0.39 is 18.0 Å². The van der Waals surface area contributed by atoms with Gasteiger partial charge in [0.15, 0.2) is 6.10 Å². The Morgan fingerprint density at radius 2 is 1.95 bits per heavy atom. The van der Waals surface area contributed by atoms with Crippen molar-refractivity contribution in [2.24, 2.45) is 5.90 Å². The molecule has 21 heavy (non-hydrogen) atoms. The van der Waals surface area contributed by atoms with Crippen LogP contribution >= 0.6 is 0 Å². The van der Waals surface area contributed by atoms with Crippen molar-refractivity contribution >= 4 is 11.5 Å². The van der Waals surface area contributed by atoms with Crippen LogP contribution in [0.3, 0.4) is 0 Å². The summed E-state index contributed by atoms with van der Waals surface area (Å²) in [5.74, 6) is 3.59. The molecule has 6 heteroatoms. The second-order valence-electron chi connectivity index (χ2n) is 4.46. The minimum atomic E-state index is -1.34. The molecule has 4 N–H and O–H groups in total. The number of phenolic OH excluding ortho intramolecular Hbond substituents is 1. The van der Waals surface area contributed by atoms with Gasteiger partial charge in [-0.15, -0.1) is 0 Å². The van der Waals surface area contributed by atoms with Crippen LogP contribution in [0, 0.1) is 0 Å². The molecule has 0 fully saturated rings. The summed E-state index contributed by atoms with van der Waals surface area (Å²) in [6, 6.07) is 9.50. The van der Waals surface area contributed by atoms with Crippen LogP contribution in [0.25, 0.3) is 5.57 Å². The minimum absolute atomic E-state index is 0.103. The number of furan rings is 1. The summed E-state index contributed by atoms with van der Waals surface area (Å²) in [5, 5.41) is 18.6. The largest absolute Gasteiger partial charge is 0.508 e. The number of aromatic hydroxyl groups is 1. The molecule has 0 spiro atoms. The van der Waals surface area contributed by atoms with Gasteiger partial charge < -0.3 is 14.6 Å². The highest BCUT2D eigenvalue weighted by molar-refractivity contribution is 5.81. The Kier molecular flexibility index (Phi) is 4.42. The normalized spacial score (nSPS) is 13.6. The molecule has 110 valence electrons. The van der Waals surface area contributed by atoms with Crippen molar-refractivity contribution in [1.29, 1.82) is 0 Å². The quantitative estimate of drug-likeness (QED) is 0.703. The maximum atomic E-state index is 11.3. The zero-order valence-corrected chi connectivity index (χ0v) is 11.1. The summed E-state index contributed by atoms with van der Waals surface area (Å²) < 4.78 is 5.29. The van der Waals surface area contributed by atoms with Crippen LogP contribution < -0.4 is 5.90 Å². The first kappa shape index (κ1) is 14.8. The van der Waals surface area contributed by atoms with Crippen LogP contribution in [-0.4, -0.2) is 22.3 Å². The van der Waals surface area contributed by atoms with Gasteiger partial charge in [-0.1, -0.05) is 18.7 Å². The Balaban J connectivity index is 2.42. The first-order valence-corrected chi connectivity index (χ1v) is 6.14. The third-order valence-electron chi connectivity index (χ3n) is 3.16. The van der Waals surface area contributed by atoms with E-state index >= 15 is 0 Å². The van der Waals surface area contributed by atoms with Crippen LogP contribution in [0.15, 0.2) is 53.7 Å². The standard InChI is InChI=1S/C15H15NO5/c1-9(10-4-6-11(17)7-5-10)13(12-3-2-8-20-12)14(21-16)15(18)19/h2-8,13-14,17H,1,16H2,(H,18,19). The van der Waals surface area contributed by atoms with Crippen molar-refractivity contribution < 1.29 is 24.3 Å². The molecule has 1 heterocycles. The van der Waals surface area contributed by atoms with Crippen molar-refractivity contribution in [2.75, 3.05) is 0 Å². The lowest BCUT2D eigenvalue weighted by Crippen LogP contribution is -2.33. The maximum Gasteiger partial charge on any atom is 0.336 e. The van der Waals surface area contributed by atoms with Crippen molar-refractivity contribution in [3.8, 4) is 5.75 Å². The van der Waals surface area contributed by atoms with E-state index in [-0.39, 0.29) is 5.75 Å². The van der Waals surface area contributed by atoms with E-state index in [1.54, 1.807) is 24.3 Å². The van der Waals surface area contributed by atoms with Crippen molar-refractivity contribution in [3.63, 3.8) is 0 Å². The fourth-order valence-corrected chi connectivity index (χ4v) is 2.11. The lowest BCUT2D eigenvalue weighted by molar-refractivity contribution is -0.151. The van der Waals surface area contributed by atoms with Gasteiger partial charge in [0.05, 0.1) is 12.2 Å². The van der Waals surface area contributed by atoms with Gasteiger partial charge in [-0.25, -0.2) is 10.7 Å². The predicted octanol–water partition coefficient (Wildman–Crippen LogP) is 2.13. The fourth-order valence-electron chi connectivity index (χ4n) is 2.11. The summed E-state index contributed by atoms with van der Waals surface area (Å²) in [6.45, 7) is 3.92. The molecule has 2 rings (SSSR count). The highest BCUT2D eigenvalue weighted by atomic mass is 16.6. The monoisotopic (exact) mass is 289 g/mol. The molecule has 0 aliphatic rings. The molecule has 0 amide bonds. The lowest BCUT2D eigenvalue weighted by Gasteiger charge is -2.22. The molecule has 0 radical (unpaired) electrons. The summed E-state index contributed by atoms with van der Waals surface area (Å²) in [7, 11) is 0. The lowest BCUT2D eigenvalue weighted by atomic mass is 9.87. The first-order valence-electron chi connectivity index (χ1n) is 6.14. The third kappa shape index (κ3) is 3.13. The topological polar surface area (TPSA) is 106 Å². The van der Waals surface area contributed by atoms with Gasteiger partial charge in [-0.05, 0) is 35.4 Å². The van der Waals surface area contributed by atoms with Crippen molar-refractivity contribution in [1.82, 2.24) is 0 Å². The zero-order chi connectivity index (χ0) is 15.4. The highest BCUT2D eigenvalue weighted by Crippen LogP contribution is 2.35. The van der Waals surface area contributed by atoms with Crippen LogP contribution in [0.4, 0.5) is 0 Å². The summed E-state index contributed by atoms with van der Waals surface area (Å²) >= 11 is 0. The molecule has 0 saturated carbocycles. The molecule has 1 aromatic carbocycles. The van der Waals surface area contributed by atoms with Crippen LogP contribution in [0.2, 0.25) is 0 Å². The van der Waals surface area contributed by atoms with E-state index in [0.29, 0.717) is 16.9 Å². The van der Waals surface area contributed by atoms with Crippen LogP contribution in [0.1, 0.15) is 17.2 Å². The molecule has 0 bridgehead atoms. The van der Waals surface area contributed by atoms with Gasteiger partial charge in [-0.3, -0.25) is 4.84 Å². The Hall–Kier alpha value is -2.57. The average Bonchev–Trinajstić information content (AvgIpc) is 2.98. The van der Waals surface area contributed by atoms with Crippen molar-refractivity contribution in [2.45, 2.75) is 12.0 Å². The molecule has 2 aromatic rings. The van der Waals surface area contributed by atoms with Gasteiger partial charge in [-0.2, -0.15) is 0 Å². The Morgan fingerprint density at radius 3 is 2.43 bits per heavy atom. The van der Waals surface area contributed by atoms with Crippen molar-refractivity contribution in [3.05, 3.63) is 60.6 Å². The zero-order valence-electron chi connectivity index (χ0n) is 11.1. The first-order chi connectivity index (χ1) is 10.0. The second kappa shape index (κ2) is 6.25. The maximum absolute atomic E-state index is 11.3. The molecule has 2 atom stereocenters. The molecule has 0 aliphatic heterocycles. The molecule has 0 aliphatic carbocycles. The van der Waals surface area contributed by atoms with Gasteiger partial charge in [0, 0.05) is 0 Å².